The van der Waals surface area contributed by atoms with Crippen molar-refractivity contribution in [1.29, 1.82) is 0 Å². The molecular formula is C10H8BrClNO. The van der Waals surface area contributed by atoms with E-state index in [0.717, 1.165) is 5.69 Å². The van der Waals surface area contributed by atoms with Crippen molar-refractivity contribution in [3.63, 3.8) is 0 Å². The number of hydrogen-bond acceptors (Lipinski definition) is 2. The van der Waals surface area contributed by atoms with E-state index in [1.807, 2.05) is 12.1 Å². The molecule has 14 heavy (non-hydrogen) atoms. The molecule has 1 aliphatic rings. The normalized spacial score (nSPS) is 24.4. The van der Waals surface area contributed by atoms with Gasteiger partial charge in [-0.2, -0.15) is 0 Å². The number of hydrogen-bond donors (Lipinski definition) is 1. The van der Waals surface area contributed by atoms with Gasteiger partial charge in [0, 0.05) is 16.8 Å². The highest BCUT2D eigenvalue weighted by molar-refractivity contribution is 9.11. The highest BCUT2D eigenvalue weighted by Crippen LogP contribution is 2.46. The number of halogens is 2. The van der Waals surface area contributed by atoms with Crippen LogP contribution >= 0.6 is 27.5 Å². The number of fused-ring (bicyclic) bond motifs is 1. The average molecular weight is 274 g/mol. The van der Waals surface area contributed by atoms with Gasteiger partial charge in [0.15, 0.2) is 0 Å². The molecule has 0 bridgehead atoms. The molecule has 0 amide bonds. The molecule has 0 saturated heterocycles. The standard InChI is InChI=1S/C10H8BrClNO/c1-6(11)10(14)5-13-8-4-2-3-7(12)9(8)10/h2-5,14H,1H3. The number of aliphatic hydroxyl groups is 1. The molecule has 0 aliphatic carbocycles. The molecular weight excluding hydrogens is 265 g/mol. The number of nitrogens with zero attached hydrogens (tertiary/aromatic N) is 1. The van der Waals surface area contributed by atoms with E-state index in [9.17, 15) is 5.11 Å². The van der Waals surface area contributed by atoms with Crippen LogP contribution in [0.5, 0.6) is 0 Å². The van der Waals surface area contributed by atoms with Crippen molar-refractivity contribution >= 4 is 39.4 Å². The number of rotatable bonds is 1. The van der Waals surface area contributed by atoms with Crippen LogP contribution in [0.1, 0.15) is 12.5 Å². The highest BCUT2D eigenvalue weighted by Gasteiger charge is 2.40. The van der Waals surface area contributed by atoms with Gasteiger partial charge in [-0.25, -0.2) is 0 Å². The Morgan fingerprint density at radius 3 is 2.93 bits per heavy atom. The van der Waals surface area contributed by atoms with Crippen molar-refractivity contribution < 1.29 is 5.11 Å². The Labute approximate surface area is 95.7 Å². The van der Waals surface area contributed by atoms with Crippen LogP contribution in [-0.2, 0) is 5.60 Å². The van der Waals surface area contributed by atoms with Gasteiger partial charge in [0.05, 0.1) is 10.5 Å². The molecule has 2 rings (SSSR count). The Morgan fingerprint density at radius 1 is 1.57 bits per heavy atom. The van der Waals surface area contributed by atoms with Crippen molar-refractivity contribution in [3.8, 4) is 0 Å². The topological polar surface area (TPSA) is 32.6 Å². The molecule has 1 aliphatic heterocycles. The van der Waals surface area contributed by atoms with Crippen molar-refractivity contribution in [2.24, 2.45) is 4.99 Å². The smallest absolute Gasteiger partial charge is 0.145 e. The zero-order chi connectivity index (χ0) is 10.3. The number of aliphatic imine (C=N–C) groups is 1. The van der Waals surface area contributed by atoms with Crippen molar-refractivity contribution in [2.45, 2.75) is 12.5 Å². The fourth-order valence-electron chi connectivity index (χ4n) is 1.49. The van der Waals surface area contributed by atoms with Crippen LogP contribution in [0.3, 0.4) is 0 Å². The van der Waals surface area contributed by atoms with E-state index in [1.54, 1.807) is 13.0 Å². The van der Waals surface area contributed by atoms with Crippen molar-refractivity contribution in [2.75, 3.05) is 0 Å². The number of benzene rings is 1. The van der Waals surface area contributed by atoms with E-state index >= 15 is 0 Å². The van der Waals surface area contributed by atoms with Crippen LogP contribution < -0.4 is 0 Å². The molecule has 0 aromatic heterocycles. The maximum absolute atomic E-state index is 10.3. The first-order chi connectivity index (χ1) is 6.55. The molecule has 4 heteroatoms. The maximum Gasteiger partial charge on any atom is 0.145 e. The first kappa shape index (κ1) is 10.1. The van der Waals surface area contributed by atoms with Gasteiger partial charge >= 0.3 is 0 Å². The van der Waals surface area contributed by atoms with Crippen molar-refractivity contribution in [1.82, 2.24) is 0 Å². The largest absolute Gasteiger partial charge is 0.378 e. The van der Waals surface area contributed by atoms with E-state index in [1.165, 1.54) is 6.21 Å². The van der Waals surface area contributed by atoms with Gasteiger partial charge in [0.1, 0.15) is 5.60 Å². The minimum Gasteiger partial charge on any atom is -0.378 e. The molecule has 1 aromatic carbocycles. The molecule has 1 aromatic rings. The van der Waals surface area contributed by atoms with Gasteiger partial charge in [-0.05, 0) is 19.1 Å². The third-order valence-electron chi connectivity index (χ3n) is 2.29. The second-order valence-corrected chi connectivity index (χ2v) is 4.79. The summed E-state index contributed by atoms with van der Waals surface area (Å²) in [6.07, 6.45) is 1.49. The summed E-state index contributed by atoms with van der Waals surface area (Å²) in [6.45, 7) is 1.78. The van der Waals surface area contributed by atoms with Crippen LogP contribution in [0.2, 0.25) is 5.02 Å². The van der Waals surface area contributed by atoms with Crippen molar-refractivity contribution in [3.05, 3.63) is 33.6 Å². The lowest BCUT2D eigenvalue weighted by molar-refractivity contribution is 0.152. The SMILES string of the molecule is C[C](Br)C1(O)C=Nc2cccc(Cl)c21. The summed E-state index contributed by atoms with van der Waals surface area (Å²) in [6, 6.07) is 5.38. The van der Waals surface area contributed by atoms with Crippen LogP contribution in [-0.4, -0.2) is 11.3 Å². The summed E-state index contributed by atoms with van der Waals surface area (Å²) in [7, 11) is 0. The Bertz CT molecular complexity index is 405. The first-order valence-electron chi connectivity index (χ1n) is 4.12. The van der Waals surface area contributed by atoms with Gasteiger partial charge in [-0.15, -0.1) is 0 Å². The zero-order valence-corrected chi connectivity index (χ0v) is 9.80. The lowest BCUT2D eigenvalue weighted by Gasteiger charge is -2.24. The fraction of sp³-hybridized carbons (Fsp3) is 0.200. The Morgan fingerprint density at radius 2 is 2.29 bits per heavy atom. The third kappa shape index (κ3) is 1.31. The van der Waals surface area contributed by atoms with Gasteiger partial charge in [-0.1, -0.05) is 33.6 Å². The Kier molecular flexibility index (Phi) is 2.41. The summed E-state index contributed by atoms with van der Waals surface area (Å²) in [4.78, 5) is 4.81. The average Bonchev–Trinajstić information content (AvgIpc) is 2.47. The second-order valence-electron chi connectivity index (χ2n) is 3.19. The molecule has 0 spiro atoms. The fourth-order valence-corrected chi connectivity index (χ4v) is 2.10. The second kappa shape index (κ2) is 3.33. The summed E-state index contributed by atoms with van der Waals surface area (Å²) >= 11 is 9.30. The Hall–Kier alpha value is -0.380. The monoisotopic (exact) mass is 272 g/mol. The van der Waals surface area contributed by atoms with Crippen LogP contribution in [0.4, 0.5) is 5.69 Å². The maximum atomic E-state index is 10.3. The van der Waals surface area contributed by atoms with E-state index in [0.29, 0.717) is 15.4 Å². The minimum absolute atomic E-state index is 0.529. The van der Waals surface area contributed by atoms with E-state index in [4.69, 9.17) is 11.6 Å². The van der Waals surface area contributed by atoms with Gasteiger partial charge in [0.25, 0.3) is 0 Å². The molecule has 1 heterocycles. The molecule has 2 nitrogen and oxygen atoms in total. The summed E-state index contributed by atoms with van der Waals surface area (Å²) in [5, 5.41) is 10.8. The predicted molar refractivity (Wildman–Crippen MR) is 61.3 cm³/mol. The molecule has 1 unspecified atom stereocenters. The summed E-state index contributed by atoms with van der Waals surface area (Å²) in [5.74, 6) is 0. The molecule has 1 N–H and O–H groups in total. The minimum atomic E-state index is -1.17. The molecule has 73 valence electrons. The quantitative estimate of drug-likeness (QED) is 0.837. The molecule has 1 atom stereocenters. The van der Waals surface area contributed by atoms with Gasteiger partial charge in [0.2, 0.25) is 0 Å². The molecule has 0 fully saturated rings. The lowest BCUT2D eigenvalue weighted by Crippen LogP contribution is -2.28. The van der Waals surface area contributed by atoms with E-state index in [2.05, 4.69) is 20.9 Å². The molecule has 1 radical (unpaired) electrons. The predicted octanol–water partition coefficient (Wildman–Crippen LogP) is 3.19. The Balaban J connectivity index is 2.63. The summed E-state index contributed by atoms with van der Waals surface area (Å²) in [5.41, 5.74) is 0.197. The highest BCUT2D eigenvalue weighted by atomic mass is 79.9. The summed E-state index contributed by atoms with van der Waals surface area (Å²) < 4.78 is 0. The molecule has 0 saturated carbocycles. The van der Waals surface area contributed by atoms with Crippen LogP contribution in [0.15, 0.2) is 23.2 Å². The van der Waals surface area contributed by atoms with Gasteiger partial charge < -0.3 is 5.11 Å². The van der Waals surface area contributed by atoms with Gasteiger partial charge in [-0.3, -0.25) is 4.99 Å². The lowest BCUT2D eigenvalue weighted by atomic mass is 9.93. The zero-order valence-electron chi connectivity index (χ0n) is 7.46. The first-order valence-corrected chi connectivity index (χ1v) is 5.29. The van der Waals surface area contributed by atoms with E-state index < -0.39 is 5.60 Å². The van der Waals surface area contributed by atoms with Crippen LogP contribution in [0, 0.1) is 4.83 Å². The van der Waals surface area contributed by atoms with Crippen LogP contribution in [0.25, 0.3) is 0 Å². The van der Waals surface area contributed by atoms with E-state index in [-0.39, 0.29) is 0 Å². The third-order valence-corrected chi connectivity index (χ3v) is 3.21.